The second kappa shape index (κ2) is 5.92. The van der Waals surface area contributed by atoms with Gasteiger partial charge < -0.3 is 5.32 Å². The van der Waals surface area contributed by atoms with Crippen molar-refractivity contribution in [1.29, 1.82) is 0 Å². The van der Waals surface area contributed by atoms with Crippen molar-refractivity contribution in [3.63, 3.8) is 0 Å². The van der Waals surface area contributed by atoms with Gasteiger partial charge in [0.25, 0.3) is 5.91 Å². The van der Waals surface area contributed by atoms with Crippen molar-refractivity contribution in [3.05, 3.63) is 57.6 Å². The molecule has 1 amide bonds. The van der Waals surface area contributed by atoms with Crippen molar-refractivity contribution in [1.82, 2.24) is 20.5 Å². The van der Waals surface area contributed by atoms with Crippen LogP contribution >= 0.6 is 22.6 Å². The summed E-state index contributed by atoms with van der Waals surface area (Å²) in [4.78, 5) is 17.1. The molecule has 1 atom stereocenters. The zero-order chi connectivity index (χ0) is 15.8. The Morgan fingerprint density at radius 1 is 1.30 bits per heavy atom. The molecular formula is C17H15IN4O. The molecule has 1 saturated carbocycles. The summed E-state index contributed by atoms with van der Waals surface area (Å²) >= 11 is 2.19. The summed E-state index contributed by atoms with van der Waals surface area (Å²) in [6, 6.07) is 11.4. The summed E-state index contributed by atoms with van der Waals surface area (Å²) in [5, 5.41) is 11.2. The van der Waals surface area contributed by atoms with Gasteiger partial charge in [-0.25, -0.2) is 0 Å². The van der Waals surface area contributed by atoms with Crippen molar-refractivity contribution in [2.24, 2.45) is 5.92 Å². The van der Waals surface area contributed by atoms with Crippen LogP contribution in [-0.4, -0.2) is 21.1 Å². The number of aromatic amines is 1. The average molecular weight is 418 g/mol. The number of hydrogen-bond donors (Lipinski definition) is 2. The molecule has 0 spiro atoms. The fourth-order valence-corrected chi connectivity index (χ4v) is 3.32. The lowest BCUT2D eigenvalue weighted by Gasteiger charge is -2.17. The molecule has 1 fully saturated rings. The molecule has 2 heterocycles. The minimum Gasteiger partial charge on any atom is -0.343 e. The highest BCUT2D eigenvalue weighted by molar-refractivity contribution is 14.1. The Kier molecular flexibility index (Phi) is 3.76. The summed E-state index contributed by atoms with van der Waals surface area (Å²) in [5.41, 5.74) is 2.45. The third-order valence-electron chi connectivity index (χ3n) is 4.16. The van der Waals surface area contributed by atoms with Crippen molar-refractivity contribution in [3.8, 4) is 0 Å². The molecule has 116 valence electrons. The summed E-state index contributed by atoms with van der Waals surface area (Å²) in [7, 11) is 0. The number of hydrogen-bond acceptors (Lipinski definition) is 3. The molecule has 1 unspecified atom stereocenters. The lowest BCUT2D eigenvalue weighted by atomic mass is 10.1. The monoisotopic (exact) mass is 418 g/mol. The predicted octanol–water partition coefficient (Wildman–Crippen LogP) is 3.44. The quantitative estimate of drug-likeness (QED) is 0.638. The Hall–Kier alpha value is -1.96. The Balaban J connectivity index is 1.61. The molecule has 0 bridgehead atoms. The van der Waals surface area contributed by atoms with Gasteiger partial charge in [-0.1, -0.05) is 6.07 Å². The van der Waals surface area contributed by atoms with Crippen molar-refractivity contribution < 1.29 is 4.79 Å². The van der Waals surface area contributed by atoms with Crippen LogP contribution in [0.2, 0.25) is 0 Å². The summed E-state index contributed by atoms with van der Waals surface area (Å²) in [6.07, 6.45) is 4.05. The van der Waals surface area contributed by atoms with Crippen LogP contribution in [0.5, 0.6) is 0 Å². The number of aromatic nitrogens is 3. The van der Waals surface area contributed by atoms with Crippen LogP contribution in [0, 0.1) is 9.62 Å². The lowest BCUT2D eigenvalue weighted by Crippen LogP contribution is -2.30. The number of carbonyl (C=O) groups excluding carboxylic acids is 1. The number of halogens is 1. The number of amides is 1. The van der Waals surface area contributed by atoms with Crippen LogP contribution in [0.15, 0.2) is 42.6 Å². The second-order valence-corrected chi connectivity index (χ2v) is 6.89. The topological polar surface area (TPSA) is 70.7 Å². The van der Waals surface area contributed by atoms with Gasteiger partial charge in [0.2, 0.25) is 0 Å². The van der Waals surface area contributed by atoms with E-state index in [-0.39, 0.29) is 11.9 Å². The Labute approximate surface area is 147 Å². The molecule has 2 aromatic heterocycles. The van der Waals surface area contributed by atoms with E-state index in [0.29, 0.717) is 11.5 Å². The predicted molar refractivity (Wildman–Crippen MR) is 96.0 cm³/mol. The van der Waals surface area contributed by atoms with Gasteiger partial charge in [0.05, 0.1) is 17.3 Å². The van der Waals surface area contributed by atoms with E-state index in [1.54, 1.807) is 6.20 Å². The molecule has 6 heteroatoms. The molecule has 1 aliphatic carbocycles. The van der Waals surface area contributed by atoms with E-state index >= 15 is 0 Å². The van der Waals surface area contributed by atoms with Crippen molar-refractivity contribution >= 4 is 39.4 Å². The van der Waals surface area contributed by atoms with Gasteiger partial charge in [0.1, 0.15) is 3.70 Å². The first-order chi connectivity index (χ1) is 11.2. The van der Waals surface area contributed by atoms with Gasteiger partial charge in [-0.2, -0.15) is 5.10 Å². The summed E-state index contributed by atoms with van der Waals surface area (Å²) in [6.45, 7) is 0. The van der Waals surface area contributed by atoms with Crippen LogP contribution < -0.4 is 5.32 Å². The van der Waals surface area contributed by atoms with E-state index in [4.69, 9.17) is 0 Å². The molecular weight excluding hydrogens is 403 g/mol. The fraction of sp³-hybridized carbons (Fsp3) is 0.235. The number of nitrogens with zero attached hydrogens (tertiary/aromatic N) is 2. The maximum absolute atomic E-state index is 12.7. The van der Waals surface area contributed by atoms with E-state index in [1.165, 1.54) is 0 Å². The molecule has 5 nitrogen and oxygen atoms in total. The van der Waals surface area contributed by atoms with Crippen LogP contribution in [-0.2, 0) is 0 Å². The Bertz CT molecular complexity index is 857. The third-order valence-corrected chi connectivity index (χ3v) is 4.98. The van der Waals surface area contributed by atoms with Crippen molar-refractivity contribution in [2.75, 3.05) is 0 Å². The van der Waals surface area contributed by atoms with Crippen LogP contribution in [0.4, 0.5) is 0 Å². The molecule has 0 radical (unpaired) electrons. The van der Waals surface area contributed by atoms with E-state index in [0.717, 1.165) is 33.1 Å². The summed E-state index contributed by atoms with van der Waals surface area (Å²) < 4.78 is 0.940. The SMILES string of the molecule is O=C(NC(c1ccccn1)C1CC1)c1ccc2n[nH]c(I)c2c1. The number of benzene rings is 1. The molecule has 0 saturated heterocycles. The number of carbonyl (C=O) groups is 1. The number of H-pyrrole nitrogens is 1. The molecule has 4 rings (SSSR count). The number of fused-ring (bicyclic) bond motifs is 1. The first-order valence-electron chi connectivity index (χ1n) is 7.58. The minimum absolute atomic E-state index is 0.0113. The van der Waals surface area contributed by atoms with Gasteiger partial charge in [-0.05, 0) is 71.7 Å². The fourth-order valence-electron chi connectivity index (χ4n) is 2.77. The zero-order valence-corrected chi connectivity index (χ0v) is 14.4. The lowest BCUT2D eigenvalue weighted by molar-refractivity contribution is 0.0931. The normalized spacial score (nSPS) is 15.5. The van der Waals surface area contributed by atoms with Gasteiger partial charge in [0, 0.05) is 17.1 Å². The van der Waals surface area contributed by atoms with Crippen LogP contribution in [0.25, 0.3) is 10.9 Å². The van der Waals surface area contributed by atoms with Gasteiger partial charge >= 0.3 is 0 Å². The molecule has 2 N–H and O–H groups in total. The number of nitrogens with one attached hydrogen (secondary N) is 2. The van der Waals surface area contributed by atoms with Crippen LogP contribution in [0.1, 0.15) is 34.9 Å². The third kappa shape index (κ3) is 2.95. The standard InChI is InChI=1S/C17H15IN4O/c18-16-12-9-11(6-7-13(12)21-22-16)17(23)20-15(10-4-5-10)14-3-1-2-8-19-14/h1-3,6-10,15H,4-5H2,(H,20,23)(H,21,22). The Morgan fingerprint density at radius 2 is 2.17 bits per heavy atom. The highest BCUT2D eigenvalue weighted by atomic mass is 127. The summed E-state index contributed by atoms with van der Waals surface area (Å²) in [5.74, 6) is 0.429. The van der Waals surface area contributed by atoms with Gasteiger partial charge in [0.15, 0.2) is 0 Å². The van der Waals surface area contributed by atoms with Crippen LogP contribution in [0.3, 0.4) is 0 Å². The molecule has 23 heavy (non-hydrogen) atoms. The molecule has 1 aromatic carbocycles. The van der Waals surface area contributed by atoms with Crippen molar-refractivity contribution in [2.45, 2.75) is 18.9 Å². The smallest absolute Gasteiger partial charge is 0.251 e. The van der Waals surface area contributed by atoms with E-state index < -0.39 is 0 Å². The molecule has 0 aliphatic heterocycles. The van der Waals surface area contributed by atoms with E-state index in [9.17, 15) is 4.79 Å². The first-order valence-corrected chi connectivity index (χ1v) is 8.65. The highest BCUT2D eigenvalue weighted by Gasteiger charge is 2.34. The Morgan fingerprint density at radius 3 is 2.91 bits per heavy atom. The number of pyridine rings is 1. The maximum atomic E-state index is 12.7. The average Bonchev–Trinajstić information content (AvgIpc) is 3.37. The largest absolute Gasteiger partial charge is 0.343 e. The first kappa shape index (κ1) is 14.6. The molecule has 3 aromatic rings. The number of rotatable bonds is 4. The second-order valence-electron chi connectivity index (χ2n) is 5.81. The van der Waals surface area contributed by atoms with Gasteiger partial charge in [-0.15, -0.1) is 0 Å². The minimum atomic E-state index is -0.0635. The highest BCUT2D eigenvalue weighted by Crippen LogP contribution is 2.40. The van der Waals surface area contributed by atoms with E-state index in [1.807, 2.05) is 36.4 Å². The molecule has 1 aliphatic rings. The van der Waals surface area contributed by atoms with E-state index in [2.05, 4.69) is 43.1 Å². The maximum Gasteiger partial charge on any atom is 0.251 e. The zero-order valence-electron chi connectivity index (χ0n) is 12.3. The van der Waals surface area contributed by atoms with Gasteiger partial charge in [-0.3, -0.25) is 14.9 Å².